The highest BCUT2D eigenvalue weighted by Crippen LogP contribution is 2.31. The Labute approximate surface area is 85.5 Å². The summed E-state index contributed by atoms with van der Waals surface area (Å²) in [5.41, 5.74) is 0.0480. The average Bonchev–Trinajstić information content (AvgIpc) is 2.53. The summed E-state index contributed by atoms with van der Waals surface area (Å²) >= 11 is 0. The van der Waals surface area contributed by atoms with Crippen molar-refractivity contribution in [3.8, 4) is 0 Å². The van der Waals surface area contributed by atoms with Gasteiger partial charge in [-0.1, -0.05) is 12.1 Å². The molecule has 1 atom stereocenters. The molecule has 0 radical (unpaired) electrons. The number of rotatable bonds is 4. The van der Waals surface area contributed by atoms with E-state index in [0.29, 0.717) is 13.0 Å². The maximum Gasteiger partial charge on any atom is 0.409 e. The molecule has 86 valence electrons. The van der Waals surface area contributed by atoms with Crippen molar-refractivity contribution in [2.75, 3.05) is 7.05 Å². The molecular weight excluding hydrogens is 209 g/mol. The van der Waals surface area contributed by atoms with Crippen LogP contribution in [0.25, 0.3) is 0 Å². The third kappa shape index (κ3) is 2.68. The fourth-order valence-electron chi connectivity index (χ4n) is 1.35. The number of aromatic nitrogens is 3. The molecule has 0 aromatic carbocycles. The van der Waals surface area contributed by atoms with Crippen LogP contribution in [0.15, 0.2) is 6.20 Å². The average molecular weight is 222 g/mol. The first-order valence-electron chi connectivity index (χ1n) is 4.63. The minimum absolute atomic E-state index is 0.0480. The van der Waals surface area contributed by atoms with Crippen molar-refractivity contribution in [1.29, 1.82) is 0 Å². The highest BCUT2D eigenvalue weighted by Gasteiger charge is 2.41. The van der Waals surface area contributed by atoms with Gasteiger partial charge in [-0.25, -0.2) is 4.68 Å². The number of hydrogen-bond acceptors (Lipinski definition) is 3. The lowest BCUT2D eigenvalue weighted by Gasteiger charge is -2.19. The Balaban J connectivity index is 2.96. The second-order valence-electron chi connectivity index (χ2n) is 3.15. The first kappa shape index (κ1) is 12.0. The van der Waals surface area contributed by atoms with Crippen LogP contribution in [0, 0.1) is 0 Å². The van der Waals surface area contributed by atoms with Gasteiger partial charge in [-0.05, 0) is 13.5 Å². The van der Waals surface area contributed by atoms with Crippen LogP contribution in [-0.4, -0.2) is 28.2 Å². The van der Waals surface area contributed by atoms with Crippen LogP contribution in [0.4, 0.5) is 13.2 Å². The highest BCUT2D eigenvalue weighted by molar-refractivity contribution is 5.05. The molecule has 1 rings (SSSR count). The van der Waals surface area contributed by atoms with Gasteiger partial charge in [0.05, 0.1) is 11.9 Å². The number of aryl methyl sites for hydroxylation is 1. The molecule has 0 saturated carbocycles. The van der Waals surface area contributed by atoms with Crippen molar-refractivity contribution in [1.82, 2.24) is 20.3 Å². The molecule has 7 heteroatoms. The third-order valence-corrected chi connectivity index (χ3v) is 1.99. The minimum atomic E-state index is -4.33. The van der Waals surface area contributed by atoms with Gasteiger partial charge in [-0.3, -0.25) is 0 Å². The Morgan fingerprint density at radius 1 is 1.53 bits per heavy atom. The van der Waals surface area contributed by atoms with Crippen LogP contribution in [0.2, 0.25) is 0 Å². The summed E-state index contributed by atoms with van der Waals surface area (Å²) in [5.74, 6) is 0. The summed E-state index contributed by atoms with van der Waals surface area (Å²) < 4.78 is 39.0. The Morgan fingerprint density at radius 3 is 2.67 bits per heavy atom. The summed E-state index contributed by atoms with van der Waals surface area (Å²) in [6.45, 7) is 2.30. The van der Waals surface area contributed by atoms with Gasteiger partial charge < -0.3 is 5.32 Å². The molecule has 1 N–H and O–H groups in total. The second-order valence-corrected chi connectivity index (χ2v) is 3.15. The largest absolute Gasteiger partial charge is 0.409 e. The fourth-order valence-corrected chi connectivity index (χ4v) is 1.35. The van der Waals surface area contributed by atoms with Crippen molar-refractivity contribution < 1.29 is 13.2 Å². The van der Waals surface area contributed by atoms with Crippen molar-refractivity contribution in [3.05, 3.63) is 11.9 Å². The molecule has 0 aliphatic rings. The predicted molar refractivity (Wildman–Crippen MR) is 48.2 cm³/mol. The zero-order valence-corrected chi connectivity index (χ0v) is 8.54. The van der Waals surface area contributed by atoms with Crippen molar-refractivity contribution in [3.63, 3.8) is 0 Å². The molecule has 0 amide bonds. The van der Waals surface area contributed by atoms with Crippen molar-refractivity contribution in [2.24, 2.45) is 0 Å². The molecule has 0 bridgehead atoms. The van der Waals surface area contributed by atoms with Crippen molar-refractivity contribution in [2.45, 2.75) is 32.1 Å². The Kier molecular flexibility index (Phi) is 3.67. The van der Waals surface area contributed by atoms with E-state index in [4.69, 9.17) is 0 Å². The Hall–Kier alpha value is -1.11. The van der Waals surface area contributed by atoms with Gasteiger partial charge in [0.1, 0.15) is 6.04 Å². The van der Waals surface area contributed by atoms with E-state index in [1.165, 1.54) is 11.7 Å². The Morgan fingerprint density at radius 2 is 2.20 bits per heavy atom. The molecule has 0 spiro atoms. The summed E-state index contributed by atoms with van der Waals surface area (Å²) in [7, 11) is 1.27. The minimum Gasteiger partial charge on any atom is -0.304 e. The fraction of sp³-hybridized carbons (Fsp3) is 0.750. The van der Waals surface area contributed by atoms with Crippen molar-refractivity contribution >= 4 is 0 Å². The van der Waals surface area contributed by atoms with Crippen LogP contribution in [0.5, 0.6) is 0 Å². The van der Waals surface area contributed by atoms with Gasteiger partial charge in [0.2, 0.25) is 0 Å². The highest BCUT2D eigenvalue weighted by atomic mass is 19.4. The van der Waals surface area contributed by atoms with Crippen LogP contribution < -0.4 is 5.32 Å². The molecule has 4 nitrogen and oxygen atoms in total. The van der Waals surface area contributed by atoms with E-state index in [9.17, 15) is 13.2 Å². The molecule has 0 aliphatic heterocycles. The molecule has 0 fully saturated rings. The van der Waals surface area contributed by atoms with E-state index in [0.717, 1.165) is 6.20 Å². The van der Waals surface area contributed by atoms with Gasteiger partial charge in [0, 0.05) is 6.54 Å². The standard InChI is InChI=1S/C8H13F3N4/c1-3-4-15-6(5-13-14-15)7(12-2)8(9,10)11/h5,7,12H,3-4H2,1-2H3. The number of alkyl halides is 3. The van der Waals surface area contributed by atoms with E-state index in [2.05, 4.69) is 15.6 Å². The maximum atomic E-state index is 12.6. The zero-order valence-electron chi connectivity index (χ0n) is 8.54. The second kappa shape index (κ2) is 4.61. The van der Waals surface area contributed by atoms with Gasteiger partial charge in [-0.15, -0.1) is 5.10 Å². The van der Waals surface area contributed by atoms with E-state index >= 15 is 0 Å². The molecule has 1 unspecified atom stereocenters. The summed E-state index contributed by atoms with van der Waals surface area (Å²) in [6.07, 6.45) is -2.48. The molecule has 0 saturated heterocycles. The Bertz CT molecular complexity index is 307. The topological polar surface area (TPSA) is 42.7 Å². The molecule has 15 heavy (non-hydrogen) atoms. The molecule has 0 aliphatic carbocycles. The van der Waals surface area contributed by atoms with E-state index < -0.39 is 12.2 Å². The molecule has 1 aromatic heterocycles. The van der Waals surface area contributed by atoms with E-state index in [1.54, 1.807) is 0 Å². The normalized spacial score (nSPS) is 14.2. The number of halogens is 3. The summed E-state index contributed by atoms with van der Waals surface area (Å²) in [6, 6.07) is -1.71. The van der Waals surface area contributed by atoms with Gasteiger partial charge in [0.25, 0.3) is 0 Å². The first-order chi connectivity index (χ1) is 7.00. The summed E-state index contributed by atoms with van der Waals surface area (Å²) in [4.78, 5) is 0. The number of nitrogens with one attached hydrogen (secondary N) is 1. The third-order valence-electron chi connectivity index (χ3n) is 1.99. The smallest absolute Gasteiger partial charge is 0.304 e. The number of nitrogens with zero attached hydrogens (tertiary/aromatic N) is 3. The molecule has 1 aromatic rings. The first-order valence-corrected chi connectivity index (χ1v) is 4.63. The lowest BCUT2D eigenvalue weighted by atomic mass is 10.2. The van der Waals surface area contributed by atoms with Crippen LogP contribution in [0.3, 0.4) is 0 Å². The molecule has 1 heterocycles. The SMILES string of the molecule is CCCn1nncc1C(NC)C(F)(F)F. The van der Waals surface area contributed by atoms with Crippen LogP contribution in [0.1, 0.15) is 25.1 Å². The quantitative estimate of drug-likeness (QED) is 0.839. The van der Waals surface area contributed by atoms with Gasteiger partial charge in [-0.2, -0.15) is 13.2 Å². The van der Waals surface area contributed by atoms with Crippen LogP contribution >= 0.6 is 0 Å². The lowest BCUT2D eigenvalue weighted by Crippen LogP contribution is -2.33. The maximum absolute atomic E-state index is 12.6. The zero-order chi connectivity index (χ0) is 11.5. The van der Waals surface area contributed by atoms with E-state index in [1.807, 2.05) is 6.92 Å². The van der Waals surface area contributed by atoms with Gasteiger partial charge in [0.15, 0.2) is 0 Å². The van der Waals surface area contributed by atoms with Crippen LogP contribution in [-0.2, 0) is 6.54 Å². The summed E-state index contributed by atoms with van der Waals surface area (Å²) in [5, 5.41) is 9.33. The number of hydrogen-bond donors (Lipinski definition) is 1. The molecular formula is C8H13F3N4. The predicted octanol–water partition coefficient (Wildman–Crippen LogP) is 1.51. The van der Waals surface area contributed by atoms with E-state index in [-0.39, 0.29) is 5.69 Å². The lowest BCUT2D eigenvalue weighted by molar-refractivity contribution is -0.158. The van der Waals surface area contributed by atoms with Gasteiger partial charge >= 0.3 is 6.18 Å². The monoisotopic (exact) mass is 222 g/mol.